The summed E-state index contributed by atoms with van der Waals surface area (Å²) in [6.07, 6.45) is 0. The Hall–Kier alpha value is -0.850. The maximum atomic E-state index is 12.1. The summed E-state index contributed by atoms with van der Waals surface area (Å²) >= 11 is 6.61. The fourth-order valence-corrected chi connectivity index (χ4v) is 3.31. The predicted molar refractivity (Wildman–Crippen MR) is 79.1 cm³/mol. The minimum atomic E-state index is -3.55. The molecule has 0 aliphatic rings. The molecular formula is C12H9Br2NO2S. The summed E-state index contributed by atoms with van der Waals surface area (Å²) in [7, 11) is -3.55. The van der Waals surface area contributed by atoms with Crippen molar-refractivity contribution in [3.63, 3.8) is 0 Å². The maximum absolute atomic E-state index is 12.1. The summed E-state index contributed by atoms with van der Waals surface area (Å²) in [5.74, 6) is 0. The molecule has 0 bridgehead atoms. The molecule has 2 aromatic carbocycles. The van der Waals surface area contributed by atoms with Gasteiger partial charge in [0.2, 0.25) is 0 Å². The van der Waals surface area contributed by atoms with Crippen LogP contribution in [0.2, 0.25) is 0 Å². The van der Waals surface area contributed by atoms with Gasteiger partial charge in [-0.2, -0.15) is 0 Å². The molecule has 0 unspecified atom stereocenters. The molecule has 3 nitrogen and oxygen atoms in total. The summed E-state index contributed by atoms with van der Waals surface area (Å²) in [6, 6.07) is 13.5. The van der Waals surface area contributed by atoms with Gasteiger partial charge in [0.15, 0.2) is 0 Å². The van der Waals surface area contributed by atoms with Crippen LogP contribution in [0.5, 0.6) is 0 Å². The predicted octanol–water partition coefficient (Wildman–Crippen LogP) is 4.01. The minimum absolute atomic E-state index is 0.233. The van der Waals surface area contributed by atoms with Gasteiger partial charge in [0.25, 0.3) is 10.0 Å². The van der Waals surface area contributed by atoms with Crippen LogP contribution >= 0.6 is 31.9 Å². The zero-order valence-electron chi connectivity index (χ0n) is 9.10. The van der Waals surface area contributed by atoms with Gasteiger partial charge in [-0.15, -0.1) is 0 Å². The fourth-order valence-electron chi connectivity index (χ4n) is 1.38. The Kier molecular flexibility index (Phi) is 4.09. The molecule has 0 aliphatic heterocycles. The highest BCUT2D eigenvalue weighted by atomic mass is 79.9. The van der Waals surface area contributed by atoms with E-state index >= 15 is 0 Å². The first-order valence-electron chi connectivity index (χ1n) is 5.02. The third-order valence-electron chi connectivity index (χ3n) is 2.23. The second-order valence-electron chi connectivity index (χ2n) is 3.54. The first-order chi connectivity index (χ1) is 8.49. The zero-order valence-corrected chi connectivity index (χ0v) is 13.1. The maximum Gasteiger partial charge on any atom is 0.261 e. The monoisotopic (exact) mass is 389 g/mol. The van der Waals surface area contributed by atoms with Gasteiger partial charge in [-0.25, -0.2) is 8.42 Å². The number of sulfonamides is 1. The van der Waals surface area contributed by atoms with Crippen molar-refractivity contribution in [2.75, 3.05) is 4.72 Å². The van der Waals surface area contributed by atoms with E-state index in [0.717, 1.165) is 4.47 Å². The third kappa shape index (κ3) is 3.13. The van der Waals surface area contributed by atoms with Crippen LogP contribution in [-0.4, -0.2) is 8.42 Å². The molecule has 18 heavy (non-hydrogen) atoms. The van der Waals surface area contributed by atoms with Gasteiger partial charge in [-0.05, 0) is 46.3 Å². The van der Waals surface area contributed by atoms with Gasteiger partial charge in [0.1, 0.15) is 0 Å². The zero-order chi connectivity index (χ0) is 13.2. The number of hydrogen-bond donors (Lipinski definition) is 1. The standard InChI is InChI=1S/C12H9Br2NO2S/c13-9-6-7-11(14)12(8-9)15-18(16,17)10-4-2-1-3-5-10/h1-8,15H. The Balaban J connectivity index is 2.37. The van der Waals surface area contributed by atoms with Crippen LogP contribution in [0.4, 0.5) is 5.69 Å². The normalized spacial score (nSPS) is 11.2. The number of hydrogen-bond acceptors (Lipinski definition) is 2. The number of benzene rings is 2. The van der Waals surface area contributed by atoms with Gasteiger partial charge >= 0.3 is 0 Å². The summed E-state index contributed by atoms with van der Waals surface area (Å²) in [5, 5.41) is 0. The smallest absolute Gasteiger partial charge is 0.261 e. The molecule has 6 heteroatoms. The van der Waals surface area contributed by atoms with Crippen molar-refractivity contribution in [2.24, 2.45) is 0 Å². The molecule has 2 rings (SSSR count). The quantitative estimate of drug-likeness (QED) is 0.860. The lowest BCUT2D eigenvalue weighted by molar-refractivity contribution is 0.601. The molecule has 0 heterocycles. The first kappa shape index (κ1) is 13.6. The summed E-state index contributed by atoms with van der Waals surface area (Å²) < 4.78 is 28.3. The van der Waals surface area contributed by atoms with Gasteiger partial charge in [-0.1, -0.05) is 34.1 Å². The van der Waals surface area contributed by atoms with Gasteiger partial charge < -0.3 is 0 Å². The average Bonchev–Trinajstić information content (AvgIpc) is 2.35. The minimum Gasteiger partial charge on any atom is -0.278 e. The van der Waals surface area contributed by atoms with Crippen molar-refractivity contribution < 1.29 is 8.42 Å². The molecule has 0 aliphatic carbocycles. The number of halogens is 2. The summed E-state index contributed by atoms with van der Waals surface area (Å²) in [4.78, 5) is 0.233. The van der Waals surface area contributed by atoms with Crippen LogP contribution in [0.25, 0.3) is 0 Å². The molecule has 2 aromatic rings. The molecular weight excluding hydrogens is 382 g/mol. The average molecular weight is 391 g/mol. The molecule has 0 aromatic heterocycles. The second-order valence-corrected chi connectivity index (χ2v) is 7.00. The van der Waals surface area contributed by atoms with Crippen molar-refractivity contribution in [3.8, 4) is 0 Å². The Morgan fingerprint density at radius 2 is 1.61 bits per heavy atom. The van der Waals surface area contributed by atoms with E-state index < -0.39 is 10.0 Å². The van der Waals surface area contributed by atoms with Gasteiger partial charge in [0, 0.05) is 8.95 Å². The van der Waals surface area contributed by atoms with E-state index in [0.29, 0.717) is 10.2 Å². The van der Waals surface area contributed by atoms with Crippen LogP contribution in [0.1, 0.15) is 0 Å². The van der Waals surface area contributed by atoms with Crippen LogP contribution in [0.15, 0.2) is 62.4 Å². The van der Waals surface area contributed by atoms with Crippen molar-refractivity contribution >= 4 is 47.6 Å². The summed E-state index contributed by atoms with van der Waals surface area (Å²) in [5.41, 5.74) is 0.494. The number of nitrogens with one attached hydrogen (secondary N) is 1. The van der Waals surface area contributed by atoms with Crippen molar-refractivity contribution in [1.29, 1.82) is 0 Å². The number of anilines is 1. The summed E-state index contributed by atoms with van der Waals surface area (Å²) in [6.45, 7) is 0. The third-order valence-corrected chi connectivity index (χ3v) is 4.79. The molecule has 0 spiro atoms. The Morgan fingerprint density at radius 3 is 2.28 bits per heavy atom. The highest BCUT2D eigenvalue weighted by Gasteiger charge is 2.14. The highest BCUT2D eigenvalue weighted by Crippen LogP contribution is 2.28. The van der Waals surface area contributed by atoms with E-state index in [1.807, 2.05) is 6.07 Å². The van der Waals surface area contributed by atoms with Crippen LogP contribution in [-0.2, 0) is 10.0 Å². The lowest BCUT2D eigenvalue weighted by atomic mass is 10.3. The molecule has 1 N–H and O–H groups in total. The van der Waals surface area contributed by atoms with E-state index in [9.17, 15) is 8.42 Å². The molecule has 94 valence electrons. The van der Waals surface area contributed by atoms with Crippen LogP contribution in [0, 0.1) is 0 Å². The van der Waals surface area contributed by atoms with Crippen LogP contribution < -0.4 is 4.72 Å². The first-order valence-corrected chi connectivity index (χ1v) is 8.09. The van der Waals surface area contributed by atoms with E-state index in [2.05, 4.69) is 36.6 Å². The van der Waals surface area contributed by atoms with Crippen molar-refractivity contribution in [2.45, 2.75) is 4.90 Å². The van der Waals surface area contributed by atoms with E-state index in [1.54, 1.807) is 42.5 Å². The van der Waals surface area contributed by atoms with E-state index in [1.165, 1.54) is 0 Å². The molecule has 0 saturated heterocycles. The van der Waals surface area contributed by atoms with E-state index in [4.69, 9.17) is 0 Å². The highest BCUT2D eigenvalue weighted by molar-refractivity contribution is 9.11. The molecule has 0 amide bonds. The lowest BCUT2D eigenvalue weighted by Crippen LogP contribution is -2.13. The molecule has 0 radical (unpaired) electrons. The molecule has 0 fully saturated rings. The second kappa shape index (κ2) is 5.42. The fraction of sp³-hybridized carbons (Fsp3) is 0. The SMILES string of the molecule is O=S(=O)(Nc1cc(Br)ccc1Br)c1ccccc1. The Bertz CT molecular complexity index is 657. The van der Waals surface area contributed by atoms with Crippen molar-refractivity contribution in [3.05, 3.63) is 57.5 Å². The Morgan fingerprint density at radius 1 is 0.944 bits per heavy atom. The van der Waals surface area contributed by atoms with Gasteiger partial charge in [0.05, 0.1) is 10.6 Å². The van der Waals surface area contributed by atoms with Crippen LogP contribution in [0.3, 0.4) is 0 Å². The molecule has 0 saturated carbocycles. The lowest BCUT2D eigenvalue weighted by Gasteiger charge is -2.10. The van der Waals surface area contributed by atoms with E-state index in [-0.39, 0.29) is 4.90 Å². The largest absolute Gasteiger partial charge is 0.278 e. The number of rotatable bonds is 3. The topological polar surface area (TPSA) is 46.2 Å². The molecule has 0 atom stereocenters. The van der Waals surface area contributed by atoms with Crippen molar-refractivity contribution in [1.82, 2.24) is 0 Å². The van der Waals surface area contributed by atoms with Gasteiger partial charge in [-0.3, -0.25) is 4.72 Å². The Labute approximate surface area is 123 Å².